The van der Waals surface area contributed by atoms with Gasteiger partial charge in [-0.3, -0.25) is 32.5 Å². The molecule has 0 rings (SSSR count). The maximum Gasteiger partial charge on any atom is 0.472 e. The zero-order valence-electron chi connectivity index (χ0n) is 77.8. The standard InChI is InChI=1S/C105H178O16P2/c1-4-7-10-13-16-19-22-25-28-31-34-37-40-43-45-47-48-49-50-52-54-56-58-61-64-67-70-73-76-79-82-85-88-91-103(108)115-94-100(106)95-117-122(111,112)118-96-101(107)97-119-123(113,114)120-99-102(121-105(110)93-90-87-84-81-78-75-72-69-66-63-60-55-42-39-36-33-30-27-24-21-18-15-12-9-6-3)98-116-104(109)92-89-86-83-80-77-74-71-68-65-62-59-57-53-51-46-44-41-38-35-32-29-26-23-20-17-14-11-8-5-2/h7,9-10,12,16-21,25-30,34-39,43-46,48-49,55,60,100-102,106-107H,4-6,8,11,13-15,22-24,31-33,40-42,47,50-54,56-59,61-99H2,1-3H3,(H,111,112)(H,113,114)/b10-7-,12-9-,19-16-,20-17-,21-18-,28-25-,29-26-,30-27-,37-34-,38-35-,39-36-,45-43-,46-44-,49-48-,60-55-. The van der Waals surface area contributed by atoms with Gasteiger partial charge in [-0.05, 0) is 161 Å². The molecule has 0 aromatic heterocycles. The van der Waals surface area contributed by atoms with E-state index in [9.17, 15) is 43.5 Å². The number of unbranched alkanes of at least 4 members (excludes halogenated alkanes) is 39. The number of carbonyl (C=O) groups excluding carboxylic acids is 3. The van der Waals surface area contributed by atoms with E-state index < -0.39 is 91.5 Å². The van der Waals surface area contributed by atoms with Crippen molar-refractivity contribution in [3.05, 3.63) is 182 Å². The molecule has 0 aliphatic heterocycles. The van der Waals surface area contributed by atoms with Gasteiger partial charge in [0.1, 0.15) is 25.4 Å². The highest BCUT2D eigenvalue weighted by atomic mass is 31.2. The average molecular weight is 1760 g/mol. The highest BCUT2D eigenvalue weighted by Crippen LogP contribution is 2.45. The Kier molecular flexibility index (Phi) is 91.6. The van der Waals surface area contributed by atoms with Gasteiger partial charge in [0.05, 0.1) is 26.4 Å². The summed E-state index contributed by atoms with van der Waals surface area (Å²) in [5.74, 6) is -1.57. The molecule has 0 aromatic carbocycles. The van der Waals surface area contributed by atoms with Crippen LogP contribution >= 0.6 is 15.6 Å². The van der Waals surface area contributed by atoms with Crippen molar-refractivity contribution in [2.75, 3.05) is 39.6 Å². The first-order chi connectivity index (χ1) is 60.2. The molecule has 0 radical (unpaired) electrons. The second-order valence-electron chi connectivity index (χ2n) is 32.5. The van der Waals surface area contributed by atoms with Crippen molar-refractivity contribution in [2.24, 2.45) is 0 Å². The van der Waals surface area contributed by atoms with E-state index in [2.05, 4.69) is 203 Å². The minimum absolute atomic E-state index is 0.0927. The van der Waals surface area contributed by atoms with Crippen LogP contribution in [-0.2, 0) is 55.8 Å². The van der Waals surface area contributed by atoms with Gasteiger partial charge in [-0.2, -0.15) is 0 Å². The van der Waals surface area contributed by atoms with E-state index in [4.69, 9.17) is 32.3 Å². The van der Waals surface area contributed by atoms with Crippen molar-refractivity contribution < 1.29 is 75.8 Å². The van der Waals surface area contributed by atoms with Crippen molar-refractivity contribution in [1.82, 2.24) is 0 Å². The molecule has 0 aliphatic rings. The van der Waals surface area contributed by atoms with E-state index in [1.54, 1.807) is 0 Å². The number of esters is 3. The monoisotopic (exact) mass is 1760 g/mol. The first-order valence-corrected chi connectivity index (χ1v) is 52.1. The van der Waals surface area contributed by atoms with Gasteiger partial charge in [0.15, 0.2) is 6.10 Å². The summed E-state index contributed by atoms with van der Waals surface area (Å²) in [5.41, 5.74) is 0. The number of hydrogen-bond acceptors (Lipinski definition) is 14. The lowest BCUT2D eigenvalue weighted by Crippen LogP contribution is -2.30. The Bertz CT molecular complexity index is 2970. The fraction of sp³-hybridized carbons (Fsp3) is 0.686. The summed E-state index contributed by atoms with van der Waals surface area (Å²) in [6.45, 7) is 2.47. The van der Waals surface area contributed by atoms with Crippen LogP contribution in [0.15, 0.2) is 182 Å². The summed E-state index contributed by atoms with van der Waals surface area (Å²) in [4.78, 5) is 59.1. The Morgan fingerprint density at radius 2 is 0.431 bits per heavy atom. The van der Waals surface area contributed by atoms with E-state index in [0.29, 0.717) is 19.3 Å². The van der Waals surface area contributed by atoms with E-state index in [0.717, 1.165) is 180 Å². The smallest absolute Gasteiger partial charge is 0.463 e. The van der Waals surface area contributed by atoms with E-state index in [1.807, 2.05) is 0 Å². The van der Waals surface area contributed by atoms with E-state index in [1.165, 1.54) is 167 Å². The molecule has 0 spiro atoms. The van der Waals surface area contributed by atoms with E-state index in [-0.39, 0.29) is 19.3 Å². The first-order valence-electron chi connectivity index (χ1n) is 49.1. The lowest BCUT2D eigenvalue weighted by Gasteiger charge is -2.21. The van der Waals surface area contributed by atoms with E-state index >= 15 is 0 Å². The predicted molar refractivity (Wildman–Crippen MR) is 518 cm³/mol. The van der Waals surface area contributed by atoms with Gasteiger partial charge in [-0.1, -0.05) is 409 Å². The van der Waals surface area contributed by atoms with Crippen LogP contribution in [0.5, 0.6) is 0 Å². The summed E-state index contributed by atoms with van der Waals surface area (Å²) in [5, 5.41) is 20.8. The normalized spacial score (nSPS) is 14.5. The molecule has 0 saturated heterocycles. The molecule has 0 saturated carbocycles. The van der Waals surface area contributed by atoms with Crippen molar-refractivity contribution in [3.8, 4) is 0 Å². The number of aliphatic hydroxyl groups excluding tert-OH is 2. The SMILES string of the molecule is CC/C=C\C/C=C\C/C=C\C/C=C\C/C=C\C/C=C\CCCCCCCCCCCCCCCCC(=O)OCC(O)COP(=O)(O)OCC(O)COP(=O)(O)OCC(COC(=O)CCCCCCCCCCCCCCC/C=C\C/C=C\C/C=C\C/C=C\CCCCC)OC(=O)CCCCCCCCCCC/C=C\C/C=C\C/C=C\C/C=C\C/C=C\CC. The largest absolute Gasteiger partial charge is 0.472 e. The van der Waals surface area contributed by atoms with Gasteiger partial charge in [0, 0.05) is 19.3 Å². The van der Waals surface area contributed by atoms with Crippen molar-refractivity contribution >= 4 is 33.6 Å². The maximum absolute atomic E-state index is 13.1. The second-order valence-corrected chi connectivity index (χ2v) is 35.4. The lowest BCUT2D eigenvalue weighted by molar-refractivity contribution is -0.161. The highest BCUT2D eigenvalue weighted by Gasteiger charge is 2.30. The number of rotatable bonds is 92. The van der Waals surface area contributed by atoms with Gasteiger partial charge in [-0.15, -0.1) is 0 Å². The van der Waals surface area contributed by atoms with Crippen LogP contribution in [0.4, 0.5) is 0 Å². The van der Waals surface area contributed by atoms with Crippen LogP contribution in [0.2, 0.25) is 0 Å². The highest BCUT2D eigenvalue weighted by molar-refractivity contribution is 7.47. The molecule has 0 heterocycles. The molecule has 5 atom stereocenters. The number of aliphatic hydroxyl groups is 2. The Morgan fingerprint density at radius 3 is 0.683 bits per heavy atom. The molecule has 0 aliphatic carbocycles. The average Bonchev–Trinajstić information content (AvgIpc) is 0.892. The van der Waals surface area contributed by atoms with Crippen LogP contribution < -0.4 is 0 Å². The van der Waals surface area contributed by atoms with Crippen LogP contribution in [0.1, 0.15) is 406 Å². The molecule has 0 aromatic rings. The zero-order chi connectivity index (χ0) is 89.3. The van der Waals surface area contributed by atoms with Crippen molar-refractivity contribution in [2.45, 2.75) is 424 Å². The number of ether oxygens (including phenoxy) is 3. The fourth-order valence-corrected chi connectivity index (χ4v) is 14.8. The van der Waals surface area contributed by atoms with Gasteiger partial charge in [-0.25, -0.2) is 9.13 Å². The zero-order valence-corrected chi connectivity index (χ0v) is 79.6. The van der Waals surface area contributed by atoms with Crippen molar-refractivity contribution in [1.29, 1.82) is 0 Å². The number of phosphoric ester groups is 2. The minimum atomic E-state index is -4.95. The van der Waals surface area contributed by atoms with Gasteiger partial charge in [0.25, 0.3) is 0 Å². The molecular formula is C105H178O16P2. The second kappa shape index (κ2) is 95.7. The molecule has 18 heteroatoms. The maximum atomic E-state index is 13.1. The Balaban J connectivity index is 4.61. The molecule has 16 nitrogen and oxygen atoms in total. The molecule has 0 amide bonds. The van der Waals surface area contributed by atoms with Crippen LogP contribution in [0.3, 0.4) is 0 Å². The summed E-state index contributed by atoms with van der Waals surface area (Å²) >= 11 is 0. The Labute approximate surface area is 751 Å². The van der Waals surface area contributed by atoms with Crippen LogP contribution in [0, 0.1) is 0 Å². The quantitative estimate of drug-likeness (QED) is 0.0146. The summed E-state index contributed by atoms with van der Waals surface area (Å²) in [6, 6.07) is 0. The number of hydrogen-bond donors (Lipinski definition) is 4. The molecule has 4 N–H and O–H groups in total. The predicted octanol–water partition coefficient (Wildman–Crippen LogP) is 30.8. The third-order valence-electron chi connectivity index (χ3n) is 20.6. The molecule has 0 fully saturated rings. The minimum Gasteiger partial charge on any atom is -0.463 e. The molecule has 704 valence electrons. The van der Waals surface area contributed by atoms with Crippen LogP contribution in [-0.4, -0.2) is 95.9 Å². The topological polar surface area (TPSA) is 231 Å². The summed E-state index contributed by atoms with van der Waals surface area (Å²) < 4.78 is 61.6. The molecular weight excluding hydrogens is 1580 g/mol. The van der Waals surface area contributed by atoms with Gasteiger partial charge in [0.2, 0.25) is 0 Å². The molecule has 0 bridgehead atoms. The third-order valence-corrected chi connectivity index (χ3v) is 22.5. The fourth-order valence-electron chi connectivity index (χ4n) is 13.2. The number of carbonyl (C=O) groups is 3. The van der Waals surface area contributed by atoms with Gasteiger partial charge >= 0.3 is 33.6 Å². The Hall–Kier alpha value is -5.35. The summed E-state index contributed by atoms with van der Waals surface area (Å²) in [7, 11) is -9.82. The molecule has 123 heavy (non-hydrogen) atoms. The van der Waals surface area contributed by atoms with Crippen molar-refractivity contribution in [3.63, 3.8) is 0 Å². The Morgan fingerprint density at radius 1 is 0.236 bits per heavy atom. The number of phosphoric acid groups is 2. The summed E-state index contributed by atoms with van der Waals surface area (Å²) in [6.07, 6.45) is 126. The van der Waals surface area contributed by atoms with Crippen LogP contribution in [0.25, 0.3) is 0 Å². The third kappa shape index (κ3) is 97.1. The lowest BCUT2D eigenvalue weighted by atomic mass is 10.0. The molecule has 5 unspecified atom stereocenters. The number of allylic oxidation sites excluding steroid dienone is 30. The first kappa shape index (κ1) is 118. The van der Waals surface area contributed by atoms with Gasteiger partial charge < -0.3 is 34.2 Å².